The third-order valence-corrected chi connectivity index (χ3v) is 2.60. The summed E-state index contributed by atoms with van der Waals surface area (Å²) in [5, 5.41) is 4.36. The van der Waals surface area contributed by atoms with Gasteiger partial charge in [0.05, 0.1) is 0 Å². The number of nitrogens with zero attached hydrogens (tertiary/aromatic N) is 2. The van der Waals surface area contributed by atoms with Crippen molar-refractivity contribution < 1.29 is 0 Å². The Morgan fingerprint density at radius 1 is 1.62 bits per heavy atom. The van der Waals surface area contributed by atoms with E-state index in [1.165, 1.54) is 5.70 Å². The second kappa shape index (κ2) is 5.29. The van der Waals surface area contributed by atoms with E-state index < -0.39 is 0 Å². The molecule has 4 heteroatoms. The Hall–Kier alpha value is -0.480. The quantitative estimate of drug-likeness (QED) is 0.739. The van der Waals surface area contributed by atoms with Crippen LogP contribution in [0.1, 0.15) is 6.92 Å². The fourth-order valence-electron chi connectivity index (χ4n) is 0.987. The van der Waals surface area contributed by atoms with Crippen molar-refractivity contribution in [2.24, 2.45) is 4.99 Å². The summed E-state index contributed by atoms with van der Waals surface area (Å²) in [4.78, 5) is 6.46. The highest BCUT2D eigenvalue weighted by atomic mass is 32.2. The fraction of sp³-hybridized carbons (Fsp3) is 0.667. The summed E-state index contributed by atoms with van der Waals surface area (Å²) < 4.78 is 0. The molecule has 1 rings (SSSR count). The number of rotatable bonds is 3. The van der Waals surface area contributed by atoms with Crippen molar-refractivity contribution >= 4 is 16.9 Å². The molecule has 0 radical (unpaired) electrons. The minimum absolute atomic E-state index is 0.857. The van der Waals surface area contributed by atoms with Crippen LogP contribution >= 0.6 is 11.8 Å². The smallest absolute Gasteiger partial charge is 0.161 e. The molecule has 1 fully saturated rings. The van der Waals surface area contributed by atoms with Gasteiger partial charge in [-0.3, -0.25) is 4.99 Å². The molecule has 1 N–H and O–H groups in total. The van der Waals surface area contributed by atoms with Gasteiger partial charge in [-0.15, -0.1) is 0 Å². The molecule has 0 saturated carbocycles. The standard InChI is InChI=1S/C9H17N3S/c1-4-10-9-11-8(7-13-9)5-6-12(2)3/h5H,4,6-7H2,1-3H3,(H,10,11)/b8-5-. The monoisotopic (exact) mass is 199 g/mol. The summed E-state index contributed by atoms with van der Waals surface area (Å²) in [6.45, 7) is 3.90. The highest BCUT2D eigenvalue weighted by molar-refractivity contribution is 8.14. The average Bonchev–Trinajstić information content (AvgIpc) is 2.50. The molecule has 0 amide bonds. The second-order valence-corrected chi connectivity index (χ2v) is 4.15. The van der Waals surface area contributed by atoms with Crippen LogP contribution in [0.4, 0.5) is 0 Å². The topological polar surface area (TPSA) is 27.6 Å². The zero-order chi connectivity index (χ0) is 9.68. The van der Waals surface area contributed by atoms with Crippen LogP contribution in [0, 0.1) is 0 Å². The Kier molecular flexibility index (Phi) is 4.32. The van der Waals surface area contributed by atoms with Crippen molar-refractivity contribution in [3.05, 3.63) is 11.8 Å². The van der Waals surface area contributed by atoms with Crippen molar-refractivity contribution in [2.45, 2.75) is 6.92 Å². The SMILES string of the molecule is CCN=C1N/C(=C\CN(C)C)CS1. The van der Waals surface area contributed by atoms with Crippen molar-refractivity contribution in [3.8, 4) is 0 Å². The molecule has 0 aliphatic carbocycles. The maximum atomic E-state index is 4.32. The number of hydrogen-bond acceptors (Lipinski definition) is 3. The minimum Gasteiger partial charge on any atom is -0.338 e. The highest BCUT2D eigenvalue weighted by Crippen LogP contribution is 2.15. The molecule has 0 atom stereocenters. The van der Waals surface area contributed by atoms with Gasteiger partial charge in [-0.25, -0.2) is 0 Å². The van der Waals surface area contributed by atoms with Crippen LogP contribution in [-0.4, -0.2) is 43.0 Å². The summed E-state index contributed by atoms with van der Waals surface area (Å²) in [6, 6.07) is 0. The number of aliphatic imine (C=N–C) groups is 1. The van der Waals surface area contributed by atoms with Crippen molar-refractivity contribution in [3.63, 3.8) is 0 Å². The Labute approximate surface area is 84.3 Å². The van der Waals surface area contributed by atoms with E-state index in [2.05, 4.69) is 42.3 Å². The van der Waals surface area contributed by atoms with E-state index in [9.17, 15) is 0 Å². The molecular weight excluding hydrogens is 182 g/mol. The van der Waals surface area contributed by atoms with E-state index in [0.29, 0.717) is 0 Å². The molecule has 1 saturated heterocycles. The Morgan fingerprint density at radius 2 is 2.38 bits per heavy atom. The zero-order valence-corrected chi connectivity index (χ0v) is 9.32. The molecule has 3 nitrogen and oxygen atoms in total. The lowest BCUT2D eigenvalue weighted by Gasteiger charge is -2.05. The summed E-state index contributed by atoms with van der Waals surface area (Å²) >= 11 is 1.78. The number of amidine groups is 1. The minimum atomic E-state index is 0.857. The first-order valence-corrected chi connectivity index (χ1v) is 5.49. The molecule has 74 valence electrons. The van der Waals surface area contributed by atoms with Crippen LogP contribution in [0.2, 0.25) is 0 Å². The van der Waals surface area contributed by atoms with E-state index in [1.54, 1.807) is 11.8 Å². The molecule has 0 bridgehead atoms. The van der Waals surface area contributed by atoms with E-state index in [0.717, 1.165) is 24.0 Å². The number of hydrogen-bond donors (Lipinski definition) is 1. The predicted octanol–water partition coefficient (Wildman–Crippen LogP) is 1.14. The Morgan fingerprint density at radius 3 is 3.00 bits per heavy atom. The third-order valence-electron chi connectivity index (χ3n) is 1.64. The van der Waals surface area contributed by atoms with Gasteiger partial charge in [0.25, 0.3) is 0 Å². The normalized spacial score (nSPS) is 23.1. The largest absolute Gasteiger partial charge is 0.338 e. The molecule has 0 aromatic rings. The molecule has 1 heterocycles. The lowest BCUT2D eigenvalue weighted by atomic mass is 10.4. The predicted molar refractivity (Wildman–Crippen MR) is 60.2 cm³/mol. The first-order chi connectivity index (χ1) is 6.22. The van der Waals surface area contributed by atoms with Gasteiger partial charge < -0.3 is 10.2 Å². The molecule has 0 unspecified atom stereocenters. The highest BCUT2D eigenvalue weighted by Gasteiger charge is 2.12. The fourth-order valence-corrected chi connectivity index (χ4v) is 1.89. The first kappa shape index (κ1) is 10.6. The van der Waals surface area contributed by atoms with Crippen molar-refractivity contribution in [1.29, 1.82) is 0 Å². The lowest BCUT2D eigenvalue weighted by Crippen LogP contribution is -2.16. The molecule has 0 spiro atoms. The first-order valence-electron chi connectivity index (χ1n) is 4.50. The zero-order valence-electron chi connectivity index (χ0n) is 8.50. The summed E-state index contributed by atoms with van der Waals surface area (Å²) in [7, 11) is 4.14. The van der Waals surface area contributed by atoms with Gasteiger partial charge in [0.15, 0.2) is 5.17 Å². The summed E-state index contributed by atoms with van der Waals surface area (Å²) in [5.74, 6) is 1.03. The third kappa shape index (κ3) is 3.83. The summed E-state index contributed by atoms with van der Waals surface area (Å²) in [5.41, 5.74) is 1.28. The number of likely N-dealkylation sites (N-methyl/N-ethyl adjacent to an activating group) is 1. The van der Waals surface area contributed by atoms with Crippen LogP contribution in [0.3, 0.4) is 0 Å². The molecule has 1 aliphatic heterocycles. The van der Waals surface area contributed by atoms with Crippen LogP contribution < -0.4 is 5.32 Å². The van der Waals surface area contributed by atoms with Crippen LogP contribution in [0.25, 0.3) is 0 Å². The molecule has 0 aromatic carbocycles. The van der Waals surface area contributed by atoms with Gasteiger partial charge in [-0.1, -0.05) is 17.8 Å². The van der Waals surface area contributed by atoms with Gasteiger partial charge in [-0.2, -0.15) is 0 Å². The van der Waals surface area contributed by atoms with Gasteiger partial charge >= 0.3 is 0 Å². The second-order valence-electron chi connectivity index (χ2n) is 3.18. The molecule has 13 heavy (non-hydrogen) atoms. The molecular formula is C9H17N3S. The van der Waals surface area contributed by atoms with Crippen LogP contribution in [0.15, 0.2) is 16.8 Å². The van der Waals surface area contributed by atoms with Crippen molar-refractivity contribution in [1.82, 2.24) is 10.2 Å². The van der Waals surface area contributed by atoms with Gasteiger partial charge in [0.2, 0.25) is 0 Å². The van der Waals surface area contributed by atoms with E-state index in [-0.39, 0.29) is 0 Å². The van der Waals surface area contributed by atoms with E-state index in [1.807, 2.05) is 0 Å². The van der Waals surface area contributed by atoms with Crippen LogP contribution in [0.5, 0.6) is 0 Å². The lowest BCUT2D eigenvalue weighted by molar-refractivity contribution is 0.455. The number of nitrogens with one attached hydrogen (secondary N) is 1. The van der Waals surface area contributed by atoms with Crippen LogP contribution in [-0.2, 0) is 0 Å². The molecule has 1 aliphatic rings. The van der Waals surface area contributed by atoms with Gasteiger partial charge in [0.1, 0.15) is 0 Å². The maximum absolute atomic E-state index is 4.32. The Bertz CT molecular complexity index is 221. The van der Waals surface area contributed by atoms with E-state index >= 15 is 0 Å². The Balaban J connectivity index is 2.40. The van der Waals surface area contributed by atoms with Gasteiger partial charge in [0, 0.05) is 24.5 Å². The molecule has 0 aromatic heterocycles. The maximum Gasteiger partial charge on any atom is 0.161 e. The number of thioether (sulfide) groups is 1. The van der Waals surface area contributed by atoms with Crippen molar-refractivity contribution in [2.75, 3.05) is 32.9 Å². The summed E-state index contributed by atoms with van der Waals surface area (Å²) in [6.07, 6.45) is 2.21. The van der Waals surface area contributed by atoms with Gasteiger partial charge in [-0.05, 0) is 21.0 Å². The average molecular weight is 199 g/mol. The van der Waals surface area contributed by atoms with E-state index in [4.69, 9.17) is 0 Å².